The first-order chi connectivity index (χ1) is 9.33. The summed E-state index contributed by atoms with van der Waals surface area (Å²) in [5.41, 5.74) is 7.14. The third kappa shape index (κ3) is 3.88. The summed E-state index contributed by atoms with van der Waals surface area (Å²) in [4.78, 5) is 4.31. The van der Waals surface area contributed by atoms with E-state index in [0.29, 0.717) is 17.4 Å². The lowest BCUT2D eigenvalue weighted by molar-refractivity contribution is 0.124. The Labute approximate surface area is 119 Å². The molecule has 0 aliphatic rings. The van der Waals surface area contributed by atoms with Crippen LogP contribution in [0.1, 0.15) is 26.3 Å². The molecule has 0 saturated carbocycles. The van der Waals surface area contributed by atoms with Gasteiger partial charge in [0.25, 0.3) is 0 Å². The minimum absolute atomic E-state index is 0.358. The van der Waals surface area contributed by atoms with Crippen LogP contribution < -0.4 is 15.2 Å². The van der Waals surface area contributed by atoms with E-state index in [1.807, 2.05) is 52.0 Å². The molecule has 0 aliphatic carbocycles. The maximum atomic E-state index is 5.87. The number of anilines is 1. The standard InChI is InChI=1S/C16H20N2O2/c1-11-6-5-7-12(10-11)19-14-9-8-13(17)15(18-14)20-16(2,3)4/h5-10H,17H2,1-4H3. The lowest BCUT2D eigenvalue weighted by atomic mass is 10.2. The lowest BCUT2D eigenvalue weighted by Gasteiger charge is -2.21. The maximum Gasteiger partial charge on any atom is 0.241 e. The van der Waals surface area contributed by atoms with Crippen molar-refractivity contribution in [3.8, 4) is 17.5 Å². The van der Waals surface area contributed by atoms with Crippen LogP contribution in [0.5, 0.6) is 17.5 Å². The summed E-state index contributed by atoms with van der Waals surface area (Å²) in [5.74, 6) is 1.59. The van der Waals surface area contributed by atoms with Crippen LogP contribution in [0.4, 0.5) is 5.69 Å². The zero-order valence-corrected chi connectivity index (χ0v) is 12.3. The van der Waals surface area contributed by atoms with E-state index in [1.165, 1.54) is 0 Å². The van der Waals surface area contributed by atoms with E-state index in [1.54, 1.807) is 12.1 Å². The first kappa shape index (κ1) is 14.2. The summed E-state index contributed by atoms with van der Waals surface area (Å²) < 4.78 is 11.4. The number of nitrogens with two attached hydrogens (primary N) is 1. The largest absolute Gasteiger partial charge is 0.470 e. The molecule has 106 valence electrons. The van der Waals surface area contributed by atoms with Crippen molar-refractivity contribution in [3.05, 3.63) is 42.0 Å². The van der Waals surface area contributed by atoms with Gasteiger partial charge in [0, 0.05) is 6.07 Å². The molecular formula is C16H20N2O2. The maximum absolute atomic E-state index is 5.87. The molecule has 1 aromatic heterocycles. The summed E-state index contributed by atoms with van der Waals surface area (Å²) in [5, 5.41) is 0. The van der Waals surface area contributed by atoms with E-state index in [4.69, 9.17) is 15.2 Å². The van der Waals surface area contributed by atoms with Crippen LogP contribution in [0, 0.1) is 6.92 Å². The molecule has 0 saturated heterocycles. The van der Waals surface area contributed by atoms with Crippen molar-refractivity contribution in [3.63, 3.8) is 0 Å². The Morgan fingerprint density at radius 2 is 1.85 bits per heavy atom. The number of aryl methyl sites for hydroxylation is 1. The van der Waals surface area contributed by atoms with Gasteiger partial charge in [-0.05, 0) is 51.5 Å². The second-order valence-corrected chi connectivity index (χ2v) is 5.68. The molecule has 0 atom stereocenters. The van der Waals surface area contributed by atoms with Gasteiger partial charge in [0.05, 0.1) is 5.69 Å². The number of pyridine rings is 1. The fraction of sp³-hybridized carbons (Fsp3) is 0.312. The average Bonchev–Trinajstić information content (AvgIpc) is 2.32. The van der Waals surface area contributed by atoms with Crippen molar-refractivity contribution in [1.29, 1.82) is 0 Å². The number of rotatable bonds is 3. The number of hydrogen-bond acceptors (Lipinski definition) is 4. The van der Waals surface area contributed by atoms with Gasteiger partial charge in [-0.1, -0.05) is 12.1 Å². The van der Waals surface area contributed by atoms with Crippen molar-refractivity contribution in [1.82, 2.24) is 4.98 Å². The molecule has 0 bridgehead atoms. The summed E-state index contributed by atoms with van der Waals surface area (Å²) in [6, 6.07) is 11.2. The number of nitrogen functional groups attached to an aromatic ring is 1. The van der Waals surface area contributed by atoms with E-state index in [9.17, 15) is 0 Å². The predicted octanol–water partition coefficient (Wildman–Crippen LogP) is 3.94. The van der Waals surface area contributed by atoms with Gasteiger partial charge in [0.15, 0.2) is 0 Å². The summed E-state index contributed by atoms with van der Waals surface area (Å²) >= 11 is 0. The minimum Gasteiger partial charge on any atom is -0.470 e. The van der Waals surface area contributed by atoms with Gasteiger partial charge in [0.2, 0.25) is 11.8 Å². The zero-order chi connectivity index (χ0) is 14.8. The highest BCUT2D eigenvalue weighted by Crippen LogP contribution is 2.28. The first-order valence-electron chi connectivity index (χ1n) is 6.53. The van der Waals surface area contributed by atoms with Crippen LogP contribution in [0.2, 0.25) is 0 Å². The molecular weight excluding hydrogens is 252 g/mol. The number of ether oxygens (including phenoxy) is 2. The summed E-state index contributed by atoms with van der Waals surface area (Å²) in [7, 11) is 0. The van der Waals surface area contributed by atoms with E-state index in [0.717, 1.165) is 11.3 Å². The minimum atomic E-state index is -0.358. The molecule has 2 aromatic rings. The van der Waals surface area contributed by atoms with Gasteiger partial charge in [-0.15, -0.1) is 0 Å². The quantitative estimate of drug-likeness (QED) is 0.919. The van der Waals surface area contributed by atoms with Crippen LogP contribution in [0.3, 0.4) is 0 Å². The Bertz CT molecular complexity index is 604. The molecule has 2 N–H and O–H groups in total. The smallest absolute Gasteiger partial charge is 0.241 e. The predicted molar refractivity (Wildman–Crippen MR) is 80.3 cm³/mol. The van der Waals surface area contributed by atoms with Gasteiger partial charge in [-0.3, -0.25) is 0 Å². The van der Waals surface area contributed by atoms with E-state index < -0.39 is 0 Å². The van der Waals surface area contributed by atoms with Crippen molar-refractivity contribution in [2.45, 2.75) is 33.3 Å². The SMILES string of the molecule is Cc1cccc(Oc2ccc(N)c(OC(C)(C)C)n2)c1. The highest BCUT2D eigenvalue weighted by Gasteiger charge is 2.16. The molecule has 1 aromatic carbocycles. The van der Waals surface area contributed by atoms with Gasteiger partial charge in [-0.2, -0.15) is 4.98 Å². The average molecular weight is 272 g/mol. The Kier molecular flexibility index (Phi) is 3.84. The topological polar surface area (TPSA) is 57.4 Å². The molecule has 0 unspecified atom stereocenters. The summed E-state index contributed by atoms with van der Waals surface area (Å²) in [6.07, 6.45) is 0. The highest BCUT2D eigenvalue weighted by molar-refractivity contribution is 5.50. The van der Waals surface area contributed by atoms with E-state index in [2.05, 4.69) is 4.98 Å². The molecule has 1 heterocycles. The van der Waals surface area contributed by atoms with Crippen LogP contribution in [0.15, 0.2) is 36.4 Å². The zero-order valence-electron chi connectivity index (χ0n) is 12.3. The molecule has 0 spiro atoms. The van der Waals surface area contributed by atoms with Gasteiger partial charge in [-0.25, -0.2) is 0 Å². The fourth-order valence-electron chi connectivity index (χ4n) is 1.66. The number of nitrogens with zero attached hydrogens (tertiary/aromatic N) is 1. The van der Waals surface area contributed by atoms with Crippen LogP contribution in [-0.2, 0) is 0 Å². The second-order valence-electron chi connectivity index (χ2n) is 5.68. The molecule has 4 heteroatoms. The number of hydrogen-bond donors (Lipinski definition) is 1. The van der Waals surface area contributed by atoms with Crippen molar-refractivity contribution < 1.29 is 9.47 Å². The Balaban J connectivity index is 2.23. The lowest BCUT2D eigenvalue weighted by Crippen LogP contribution is -2.24. The van der Waals surface area contributed by atoms with Gasteiger partial charge >= 0.3 is 0 Å². The van der Waals surface area contributed by atoms with Crippen molar-refractivity contribution >= 4 is 5.69 Å². The molecule has 4 nitrogen and oxygen atoms in total. The van der Waals surface area contributed by atoms with Crippen molar-refractivity contribution in [2.75, 3.05) is 5.73 Å². The normalized spacial score (nSPS) is 11.2. The third-order valence-electron chi connectivity index (χ3n) is 2.48. The summed E-state index contributed by atoms with van der Waals surface area (Å²) in [6.45, 7) is 7.85. The Morgan fingerprint density at radius 1 is 1.10 bits per heavy atom. The molecule has 0 amide bonds. The highest BCUT2D eigenvalue weighted by atomic mass is 16.5. The van der Waals surface area contributed by atoms with E-state index in [-0.39, 0.29) is 5.60 Å². The second kappa shape index (κ2) is 5.41. The molecule has 20 heavy (non-hydrogen) atoms. The van der Waals surface area contributed by atoms with Crippen LogP contribution in [-0.4, -0.2) is 10.6 Å². The monoisotopic (exact) mass is 272 g/mol. The van der Waals surface area contributed by atoms with Gasteiger partial charge in [0.1, 0.15) is 11.4 Å². The molecule has 0 aliphatic heterocycles. The molecule has 2 rings (SSSR count). The van der Waals surface area contributed by atoms with E-state index >= 15 is 0 Å². The van der Waals surface area contributed by atoms with Crippen LogP contribution >= 0.6 is 0 Å². The van der Waals surface area contributed by atoms with Crippen LogP contribution in [0.25, 0.3) is 0 Å². The Hall–Kier alpha value is -2.23. The fourth-order valence-corrected chi connectivity index (χ4v) is 1.66. The third-order valence-corrected chi connectivity index (χ3v) is 2.48. The Morgan fingerprint density at radius 3 is 2.50 bits per heavy atom. The number of benzene rings is 1. The van der Waals surface area contributed by atoms with Crippen molar-refractivity contribution in [2.24, 2.45) is 0 Å². The molecule has 0 radical (unpaired) electrons. The number of aromatic nitrogens is 1. The van der Waals surface area contributed by atoms with Gasteiger partial charge < -0.3 is 15.2 Å². The molecule has 0 fully saturated rings. The first-order valence-corrected chi connectivity index (χ1v) is 6.53.